The topological polar surface area (TPSA) is 82.3 Å². The molecule has 0 radical (unpaired) electrons. The van der Waals surface area contributed by atoms with E-state index in [1.807, 2.05) is 31.2 Å². The summed E-state index contributed by atoms with van der Waals surface area (Å²) in [6.07, 6.45) is 2.11. The lowest BCUT2D eigenvalue weighted by Gasteiger charge is -2.18. The van der Waals surface area contributed by atoms with Gasteiger partial charge in [0.05, 0.1) is 0 Å². The Labute approximate surface area is 137 Å². The number of carbonyl (C=O) groups is 2. The predicted octanol–water partition coefficient (Wildman–Crippen LogP) is 2.81. The molecule has 1 aliphatic carbocycles. The lowest BCUT2D eigenvalue weighted by molar-refractivity contribution is 0.234. The van der Waals surface area contributed by atoms with Gasteiger partial charge in [-0.05, 0) is 43.4 Å². The van der Waals surface area contributed by atoms with Crippen LogP contribution < -0.4 is 21.3 Å². The second-order valence-electron chi connectivity index (χ2n) is 6.43. The van der Waals surface area contributed by atoms with Crippen LogP contribution in [-0.4, -0.2) is 24.1 Å². The van der Waals surface area contributed by atoms with E-state index < -0.39 is 0 Å². The van der Waals surface area contributed by atoms with E-state index in [2.05, 4.69) is 35.1 Å². The molecule has 0 aliphatic heterocycles. The molecule has 6 heteroatoms. The van der Waals surface area contributed by atoms with Gasteiger partial charge in [0.15, 0.2) is 0 Å². The predicted molar refractivity (Wildman–Crippen MR) is 91.3 cm³/mol. The van der Waals surface area contributed by atoms with Crippen LogP contribution in [0.2, 0.25) is 0 Å². The second kappa shape index (κ2) is 7.85. The normalized spacial score (nSPS) is 15.0. The lowest BCUT2D eigenvalue weighted by Crippen LogP contribution is -2.42. The minimum Gasteiger partial charge on any atom is -0.335 e. The molecule has 6 nitrogen and oxygen atoms in total. The first kappa shape index (κ1) is 17.1. The van der Waals surface area contributed by atoms with E-state index in [4.69, 9.17) is 0 Å². The fourth-order valence-electron chi connectivity index (χ4n) is 1.95. The minimum atomic E-state index is -0.184. The van der Waals surface area contributed by atoms with E-state index in [9.17, 15) is 9.59 Å². The maximum absolute atomic E-state index is 11.8. The molecule has 1 aliphatic rings. The van der Waals surface area contributed by atoms with Crippen molar-refractivity contribution in [2.45, 2.75) is 52.2 Å². The number of urea groups is 2. The molecule has 1 fully saturated rings. The van der Waals surface area contributed by atoms with Crippen LogP contribution in [0.3, 0.4) is 0 Å². The van der Waals surface area contributed by atoms with Crippen molar-refractivity contribution in [3.63, 3.8) is 0 Å². The molecule has 0 heterocycles. The van der Waals surface area contributed by atoms with Crippen LogP contribution in [0, 0.1) is 5.92 Å². The number of rotatable bonds is 6. The third-order valence-corrected chi connectivity index (χ3v) is 3.91. The molecule has 1 unspecified atom stereocenters. The molecule has 1 saturated carbocycles. The average molecular weight is 318 g/mol. The van der Waals surface area contributed by atoms with Gasteiger partial charge in [0.2, 0.25) is 0 Å². The van der Waals surface area contributed by atoms with E-state index >= 15 is 0 Å². The van der Waals surface area contributed by atoms with Gasteiger partial charge in [0.25, 0.3) is 0 Å². The zero-order valence-corrected chi connectivity index (χ0v) is 14.0. The van der Waals surface area contributed by atoms with Crippen molar-refractivity contribution in [1.29, 1.82) is 0 Å². The van der Waals surface area contributed by atoms with Crippen molar-refractivity contribution < 1.29 is 9.59 Å². The third kappa shape index (κ3) is 6.18. The molecule has 0 aromatic heterocycles. The first-order valence-corrected chi connectivity index (χ1v) is 8.15. The van der Waals surface area contributed by atoms with E-state index in [-0.39, 0.29) is 18.1 Å². The Hall–Kier alpha value is -2.24. The van der Waals surface area contributed by atoms with E-state index in [0.29, 0.717) is 18.5 Å². The highest BCUT2D eigenvalue weighted by molar-refractivity contribution is 5.89. The van der Waals surface area contributed by atoms with Crippen LogP contribution >= 0.6 is 0 Å². The molecule has 2 rings (SSSR count). The highest BCUT2D eigenvalue weighted by Crippen LogP contribution is 2.19. The molecule has 1 atom stereocenters. The summed E-state index contributed by atoms with van der Waals surface area (Å²) >= 11 is 0. The molecule has 126 valence electrons. The Morgan fingerprint density at radius 3 is 2.57 bits per heavy atom. The highest BCUT2D eigenvalue weighted by atomic mass is 16.2. The van der Waals surface area contributed by atoms with Crippen LogP contribution in [0.15, 0.2) is 24.3 Å². The molecule has 1 aromatic carbocycles. The van der Waals surface area contributed by atoms with Crippen molar-refractivity contribution in [3.05, 3.63) is 29.8 Å². The average Bonchev–Trinajstić information content (AvgIpc) is 3.29. The van der Waals surface area contributed by atoms with Gasteiger partial charge in [-0.1, -0.05) is 26.0 Å². The SMILES string of the molecule is CC(C)C(C)NC(=O)NCc1cccc(NC(=O)NC2CC2)c1. The molecule has 0 bridgehead atoms. The standard InChI is InChI=1S/C17H26N4O2/c1-11(2)12(3)19-16(22)18-10-13-5-4-6-15(9-13)21-17(23)20-14-7-8-14/h4-6,9,11-12,14H,7-8,10H2,1-3H3,(H2,18,19,22)(H2,20,21,23). The fraction of sp³-hybridized carbons (Fsp3) is 0.529. The van der Waals surface area contributed by atoms with Gasteiger partial charge in [-0.15, -0.1) is 0 Å². The largest absolute Gasteiger partial charge is 0.335 e. The number of anilines is 1. The Balaban J connectivity index is 1.79. The van der Waals surface area contributed by atoms with Gasteiger partial charge < -0.3 is 21.3 Å². The number of carbonyl (C=O) groups excluding carboxylic acids is 2. The molecule has 1 aromatic rings. The van der Waals surface area contributed by atoms with E-state index in [0.717, 1.165) is 24.1 Å². The summed E-state index contributed by atoms with van der Waals surface area (Å²) in [5.74, 6) is 0.387. The Morgan fingerprint density at radius 2 is 1.91 bits per heavy atom. The summed E-state index contributed by atoms with van der Waals surface area (Å²) in [4.78, 5) is 23.5. The molecular weight excluding hydrogens is 292 g/mol. The fourth-order valence-corrected chi connectivity index (χ4v) is 1.95. The number of hydrogen-bond acceptors (Lipinski definition) is 2. The smallest absolute Gasteiger partial charge is 0.319 e. The summed E-state index contributed by atoms with van der Waals surface area (Å²) in [5, 5.41) is 11.4. The van der Waals surface area contributed by atoms with Crippen LogP contribution in [0.4, 0.5) is 15.3 Å². The van der Waals surface area contributed by atoms with Crippen molar-refractivity contribution in [2.24, 2.45) is 5.92 Å². The molecule has 4 amide bonds. The molecule has 0 saturated heterocycles. The minimum absolute atomic E-state index is 0.120. The van der Waals surface area contributed by atoms with Crippen LogP contribution in [0.1, 0.15) is 39.2 Å². The third-order valence-electron chi connectivity index (χ3n) is 3.91. The Kier molecular flexibility index (Phi) is 5.84. The van der Waals surface area contributed by atoms with Crippen LogP contribution in [-0.2, 0) is 6.54 Å². The van der Waals surface area contributed by atoms with Crippen LogP contribution in [0.25, 0.3) is 0 Å². The maximum Gasteiger partial charge on any atom is 0.319 e. The summed E-state index contributed by atoms with van der Waals surface area (Å²) in [5.41, 5.74) is 1.65. The first-order chi connectivity index (χ1) is 10.9. The van der Waals surface area contributed by atoms with Gasteiger partial charge in [-0.25, -0.2) is 9.59 Å². The molecule has 4 N–H and O–H groups in total. The maximum atomic E-state index is 11.8. The molecule has 23 heavy (non-hydrogen) atoms. The highest BCUT2D eigenvalue weighted by Gasteiger charge is 2.23. The molecule has 0 spiro atoms. The number of hydrogen-bond donors (Lipinski definition) is 4. The van der Waals surface area contributed by atoms with E-state index in [1.54, 1.807) is 0 Å². The summed E-state index contributed by atoms with van der Waals surface area (Å²) in [6, 6.07) is 7.54. The summed E-state index contributed by atoms with van der Waals surface area (Å²) < 4.78 is 0. The zero-order valence-electron chi connectivity index (χ0n) is 14.0. The Morgan fingerprint density at radius 1 is 1.17 bits per heavy atom. The Bertz CT molecular complexity index is 555. The van der Waals surface area contributed by atoms with Gasteiger partial charge in [-0.3, -0.25) is 0 Å². The quantitative estimate of drug-likeness (QED) is 0.650. The number of amides is 4. The van der Waals surface area contributed by atoms with Gasteiger partial charge in [0, 0.05) is 24.3 Å². The van der Waals surface area contributed by atoms with Crippen molar-refractivity contribution in [1.82, 2.24) is 16.0 Å². The van der Waals surface area contributed by atoms with Crippen molar-refractivity contribution >= 4 is 17.7 Å². The number of benzene rings is 1. The monoisotopic (exact) mass is 318 g/mol. The van der Waals surface area contributed by atoms with Gasteiger partial charge in [0.1, 0.15) is 0 Å². The second-order valence-corrected chi connectivity index (χ2v) is 6.43. The van der Waals surface area contributed by atoms with Crippen molar-refractivity contribution in [3.8, 4) is 0 Å². The first-order valence-electron chi connectivity index (χ1n) is 8.15. The zero-order chi connectivity index (χ0) is 16.8. The summed E-state index contributed by atoms with van der Waals surface area (Å²) in [7, 11) is 0. The van der Waals surface area contributed by atoms with Crippen LogP contribution in [0.5, 0.6) is 0 Å². The molecular formula is C17H26N4O2. The van der Waals surface area contributed by atoms with Gasteiger partial charge in [-0.2, -0.15) is 0 Å². The number of nitrogens with one attached hydrogen (secondary N) is 4. The lowest BCUT2D eigenvalue weighted by atomic mass is 10.1. The van der Waals surface area contributed by atoms with Crippen molar-refractivity contribution in [2.75, 3.05) is 5.32 Å². The van der Waals surface area contributed by atoms with Gasteiger partial charge >= 0.3 is 12.1 Å². The summed E-state index contributed by atoms with van der Waals surface area (Å²) in [6.45, 7) is 6.52. The van der Waals surface area contributed by atoms with E-state index in [1.165, 1.54) is 0 Å².